The summed E-state index contributed by atoms with van der Waals surface area (Å²) in [7, 11) is -3.54. The van der Waals surface area contributed by atoms with Gasteiger partial charge in [-0.25, -0.2) is 13.1 Å². The SMILES string of the molecule is CC(C)c1cc(C(C)C)c(S(=O)(=O)NCCC/C=C\C(C)(C)C)c(C(C)C)c1. The fraction of sp³-hybridized carbons (Fsp3) is 0.667. The second kappa shape index (κ2) is 10.1. The first-order valence-electron chi connectivity index (χ1n) is 10.6. The molecular weight excluding hydrogens is 366 g/mol. The molecule has 1 aromatic carbocycles. The van der Waals surface area contributed by atoms with Gasteiger partial charge >= 0.3 is 0 Å². The third kappa shape index (κ3) is 7.36. The Balaban J connectivity index is 3.13. The first kappa shape index (κ1) is 24.9. The minimum Gasteiger partial charge on any atom is -0.211 e. The number of hydrogen-bond acceptors (Lipinski definition) is 2. The van der Waals surface area contributed by atoms with Crippen LogP contribution in [0.2, 0.25) is 0 Å². The molecule has 1 N–H and O–H groups in total. The van der Waals surface area contributed by atoms with E-state index in [1.54, 1.807) is 0 Å². The van der Waals surface area contributed by atoms with E-state index in [0.29, 0.717) is 17.4 Å². The minimum atomic E-state index is -3.54. The van der Waals surface area contributed by atoms with Gasteiger partial charge in [-0.05, 0) is 52.7 Å². The monoisotopic (exact) mass is 407 g/mol. The zero-order chi connectivity index (χ0) is 21.7. The highest BCUT2D eigenvalue weighted by Crippen LogP contribution is 2.35. The lowest BCUT2D eigenvalue weighted by atomic mass is 9.89. The van der Waals surface area contributed by atoms with Crippen molar-refractivity contribution in [1.29, 1.82) is 0 Å². The van der Waals surface area contributed by atoms with Crippen molar-refractivity contribution in [1.82, 2.24) is 4.72 Å². The van der Waals surface area contributed by atoms with E-state index < -0.39 is 10.0 Å². The highest BCUT2D eigenvalue weighted by atomic mass is 32.2. The van der Waals surface area contributed by atoms with Crippen molar-refractivity contribution in [2.24, 2.45) is 5.41 Å². The molecule has 0 aromatic heterocycles. The number of nitrogens with one attached hydrogen (secondary N) is 1. The molecule has 1 rings (SSSR count). The zero-order valence-electron chi connectivity index (χ0n) is 19.4. The molecule has 0 atom stereocenters. The summed E-state index contributed by atoms with van der Waals surface area (Å²) < 4.78 is 29.3. The van der Waals surface area contributed by atoms with Crippen LogP contribution in [0.4, 0.5) is 0 Å². The van der Waals surface area contributed by atoms with E-state index in [2.05, 4.69) is 91.3 Å². The van der Waals surface area contributed by atoms with Crippen LogP contribution in [0.25, 0.3) is 0 Å². The van der Waals surface area contributed by atoms with Crippen LogP contribution in [-0.2, 0) is 10.0 Å². The molecule has 160 valence electrons. The average molecular weight is 408 g/mol. The van der Waals surface area contributed by atoms with Gasteiger partial charge < -0.3 is 0 Å². The van der Waals surface area contributed by atoms with Gasteiger partial charge in [0.25, 0.3) is 0 Å². The molecule has 0 unspecified atom stereocenters. The van der Waals surface area contributed by atoms with Crippen LogP contribution in [0.15, 0.2) is 29.2 Å². The number of allylic oxidation sites excluding steroid dienone is 2. The molecule has 0 amide bonds. The van der Waals surface area contributed by atoms with Crippen molar-refractivity contribution < 1.29 is 8.42 Å². The quantitative estimate of drug-likeness (QED) is 0.365. The molecule has 4 heteroatoms. The molecule has 0 aliphatic carbocycles. The van der Waals surface area contributed by atoms with Crippen molar-refractivity contribution in [2.75, 3.05) is 6.54 Å². The van der Waals surface area contributed by atoms with E-state index in [0.717, 1.165) is 24.0 Å². The first-order valence-corrected chi connectivity index (χ1v) is 12.1. The molecular formula is C24H41NO2S. The van der Waals surface area contributed by atoms with Crippen molar-refractivity contribution >= 4 is 10.0 Å². The van der Waals surface area contributed by atoms with Gasteiger partial charge in [-0.2, -0.15) is 0 Å². The summed E-state index contributed by atoms with van der Waals surface area (Å²) in [6, 6.07) is 4.17. The van der Waals surface area contributed by atoms with Gasteiger partial charge in [0.05, 0.1) is 4.90 Å². The van der Waals surface area contributed by atoms with Crippen LogP contribution in [0, 0.1) is 5.41 Å². The lowest BCUT2D eigenvalue weighted by Gasteiger charge is -2.23. The molecule has 0 saturated heterocycles. The van der Waals surface area contributed by atoms with E-state index >= 15 is 0 Å². The smallest absolute Gasteiger partial charge is 0.211 e. The topological polar surface area (TPSA) is 46.2 Å². The van der Waals surface area contributed by atoms with Crippen LogP contribution in [0.1, 0.15) is 110 Å². The Labute approximate surface area is 174 Å². The van der Waals surface area contributed by atoms with E-state index in [1.165, 1.54) is 5.56 Å². The summed E-state index contributed by atoms with van der Waals surface area (Å²) in [5.41, 5.74) is 3.22. The van der Waals surface area contributed by atoms with E-state index in [4.69, 9.17) is 0 Å². The lowest BCUT2D eigenvalue weighted by Crippen LogP contribution is -2.27. The minimum absolute atomic E-state index is 0.150. The molecule has 0 fully saturated rings. The third-order valence-electron chi connectivity index (χ3n) is 4.81. The Morgan fingerprint density at radius 2 is 1.43 bits per heavy atom. The summed E-state index contributed by atoms with van der Waals surface area (Å²) in [4.78, 5) is 0.493. The average Bonchev–Trinajstić information content (AvgIpc) is 2.55. The van der Waals surface area contributed by atoms with Gasteiger partial charge in [0.1, 0.15) is 0 Å². The third-order valence-corrected chi connectivity index (χ3v) is 6.40. The number of rotatable bonds is 9. The molecule has 1 aromatic rings. The summed E-state index contributed by atoms with van der Waals surface area (Å²) in [6.07, 6.45) is 5.99. The fourth-order valence-corrected chi connectivity index (χ4v) is 4.90. The first-order chi connectivity index (χ1) is 12.8. The van der Waals surface area contributed by atoms with Crippen LogP contribution < -0.4 is 4.72 Å². The molecule has 0 heterocycles. The predicted octanol–water partition coefficient (Wildman–Crippen LogP) is 6.72. The van der Waals surface area contributed by atoms with Crippen molar-refractivity contribution in [3.63, 3.8) is 0 Å². The van der Waals surface area contributed by atoms with Crippen molar-refractivity contribution in [2.45, 2.75) is 97.8 Å². The molecule has 0 aliphatic rings. The van der Waals surface area contributed by atoms with Gasteiger partial charge in [0, 0.05) is 6.54 Å². The normalized spacial score (nSPS) is 13.4. The zero-order valence-corrected chi connectivity index (χ0v) is 20.2. The maximum Gasteiger partial charge on any atom is 0.241 e. The summed E-state index contributed by atoms with van der Waals surface area (Å²) in [5.74, 6) is 0.671. The van der Waals surface area contributed by atoms with Gasteiger partial charge in [0.2, 0.25) is 10.0 Å². The largest absolute Gasteiger partial charge is 0.241 e. The van der Waals surface area contributed by atoms with Crippen molar-refractivity contribution in [3.8, 4) is 0 Å². The van der Waals surface area contributed by atoms with Crippen LogP contribution in [-0.4, -0.2) is 15.0 Å². The molecule has 0 radical (unpaired) electrons. The second-order valence-corrected chi connectivity index (χ2v) is 11.5. The number of sulfonamides is 1. The van der Waals surface area contributed by atoms with Gasteiger partial charge in [0.15, 0.2) is 0 Å². The fourth-order valence-electron chi connectivity index (χ4n) is 3.14. The molecule has 28 heavy (non-hydrogen) atoms. The molecule has 3 nitrogen and oxygen atoms in total. The maximum absolute atomic E-state index is 13.2. The van der Waals surface area contributed by atoms with Gasteiger partial charge in [-0.1, -0.05) is 86.6 Å². The molecule has 0 saturated carbocycles. The standard InChI is InChI=1S/C24H41NO2S/c1-17(2)20-15-21(18(3)4)23(22(16-20)19(5)6)28(26,27)25-14-12-10-11-13-24(7,8)9/h11,13,15-19,25H,10,12,14H2,1-9H3/b13-11-. The Bertz CT molecular complexity index is 737. The lowest BCUT2D eigenvalue weighted by molar-refractivity contribution is 0.541. The highest BCUT2D eigenvalue weighted by Gasteiger charge is 2.26. The maximum atomic E-state index is 13.2. The van der Waals surface area contributed by atoms with Crippen LogP contribution in [0.3, 0.4) is 0 Å². The Morgan fingerprint density at radius 3 is 1.82 bits per heavy atom. The Hall–Kier alpha value is -1.13. The molecule has 0 bridgehead atoms. The highest BCUT2D eigenvalue weighted by molar-refractivity contribution is 7.89. The Morgan fingerprint density at radius 1 is 0.929 bits per heavy atom. The molecule has 0 spiro atoms. The predicted molar refractivity (Wildman–Crippen MR) is 122 cm³/mol. The van der Waals surface area contributed by atoms with E-state index in [-0.39, 0.29) is 17.3 Å². The summed E-state index contributed by atoms with van der Waals surface area (Å²) in [5, 5.41) is 0. The number of hydrogen-bond donors (Lipinski definition) is 1. The summed E-state index contributed by atoms with van der Waals surface area (Å²) in [6.45, 7) is 19.5. The van der Waals surface area contributed by atoms with Gasteiger partial charge in [-0.3, -0.25) is 0 Å². The van der Waals surface area contributed by atoms with Gasteiger partial charge in [-0.15, -0.1) is 0 Å². The van der Waals surface area contributed by atoms with E-state index in [1.807, 2.05) is 0 Å². The number of unbranched alkanes of at least 4 members (excludes halogenated alkanes) is 1. The summed E-state index contributed by atoms with van der Waals surface area (Å²) >= 11 is 0. The van der Waals surface area contributed by atoms with E-state index in [9.17, 15) is 8.42 Å². The molecule has 0 aliphatic heterocycles. The van der Waals surface area contributed by atoms with Crippen LogP contribution in [0.5, 0.6) is 0 Å². The van der Waals surface area contributed by atoms with Crippen molar-refractivity contribution in [3.05, 3.63) is 41.0 Å². The van der Waals surface area contributed by atoms with Crippen LogP contribution >= 0.6 is 0 Å². The second-order valence-electron chi connectivity index (χ2n) is 9.80. The number of benzene rings is 1. The Kier molecular flexibility index (Phi) is 8.95.